The van der Waals surface area contributed by atoms with E-state index in [-0.39, 0.29) is 17.3 Å². The fourth-order valence-corrected chi connectivity index (χ4v) is 3.51. The molecule has 24 heavy (non-hydrogen) atoms. The Bertz CT molecular complexity index is 770. The molecule has 0 atom stereocenters. The number of sulfonamides is 1. The minimum absolute atomic E-state index is 0.0736. The van der Waals surface area contributed by atoms with Crippen LogP contribution in [0.25, 0.3) is 0 Å². The van der Waals surface area contributed by atoms with E-state index >= 15 is 0 Å². The average Bonchev–Trinajstić information content (AvgIpc) is 2.56. The zero-order chi connectivity index (χ0) is 17.6. The van der Waals surface area contributed by atoms with Crippen LogP contribution < -0.4 is 4.72 Å². The maximum absolute atomic E-state index is 13.3. The Morgan fingerprint density at radius 3 is 2.42 bits per heavy atom. The van der Waals surface area contributed by atoms with E-state index in [9.17, 15) is 12.8 Å². The van der Waals surface area contributed by atoms with Gasteiger partial charge in [-0.25, -0.2) is 17.5 Å². The molecular formula is C19H24FNO2S. The summed E-state index contributed by atoms with van der Waals surface area (Å²) in [4.78, 5) is 0.232. The lowest BCUT2D eigenvalue weighted by molar-refractivity contribution is 0.580. The van der Waals surface area contributed by atoms with Gasteiger partial charge in [0.25, 0.3) is 0 Å². The standard InChI is InChI=1S/C19H24FNO2S/c1-3-4-5-6-16-8-11-19(12-9-16)24(22,23)21-14-17-13-18(20)10-7-15(17)2/h7-13,21H,3-6,14H2,1-2H3. The highest BCUT2D eigenvalue weighted by Gasteiger charge is 2.14. The monoisotopic (exact) mass is 349 g/mol. The Hall–Kier alpha value is -1.72. The minimum atomic E-state index is -3.60. The first-order chi connectivity index (χ1) is 11.4. The van der Waals surface area contributed by atoms with Crippen LogP contribution >= 0.6 is 0 Å². The quantitative estimate of drug-likeness (QED) is 0.720. The lowest BCUT2D eigenvalue weighted by atomic mass is 10.1. The van der Waals surface area contributed by atoms with E-state index in [4.69, 9.17) is 0 Å². The van der Waals surface area contributed by atoms with Gasteiger partial charge >= 0.3 is 0 Å². The summed E-state index contributed by atoms with van der Waals surface area (Å²) in [7, 11) is -3.60. The van der Waals surface area contributed by atoms with E-state index in [1.807, 2.05) is 19.1 Å². The molecule has 0 aromatic heterocycles. The van der Waals surface area contributed by atoms with E-state index in [0.29, 0.717) is 5.56 Å². The van der Waals surface area contributed by atoms with Gasteiger partial charge in [-0.05, 0) is 60.7 Å². The van der Waals surface area contributed by atoms with Crippen LogP contribution in [0.3, 0.4) is 0 Å². The molecule has 0 bridgehead atoms. The molecule has 0 spiro atoms. The SMILES string of the molecule is CCCCCc1ccc(S(=O)(=O)NCc2cc(F)ccc2C)cc1. The topological polar surface area (TPSA) is 46.2 Å². The van der Waals surface area contributed by atoms with Gasteiger partial charge in [0.15, 0.2) is 0 Å². The maximum atomic E-state index is 13.3. The molecule has 1 N–H and O–H groups in total. The second-order valence-corrected chi connectivity index (χ2v) is 7.76. The summed E-state index contributed by atoms with van der Waals surface area (Å²) in [6.07, 6.45) is 4.41. The second kappa shape index (κ2) is 8.40. The smallest absolute Gasteiger partial charge is 0.207 e. The third kappa shape index (κ3) is 5.14. The number of aryl methyl sites for hydroxylation is 2. The van der Waals surface area contributed by atoms with Crippen LogP contribution in [-0.4, -0.2) is 8.42 Å². The molecule has 0 saturated heterocycles. The van der Waals surface area contributed by atoms with Crippen molar-refractivity contribution in [2.24, 2.45) is 0 Å². The third-order valence-electron chi connectivity index (χ3n) is 4.07. The Morgan fingerprint density at radius 1 is 1.04 bits per heavy atom. The summed E-state index contributed by atoms with van der Waals surface area (Å²) < 4.78 is 40.6. The van der Waals surface area contributed by atoms with Crippen LogP contribution in [0.5, 0.6) is 0 Å². The van der Waals surface area contributed by atoms with E-state index in [1.54, 1.807) is 18.2 Å². The van der Waals surface area contributed by atoms with Crippen LogP contribution in [0.2, 0.25) is 0 Å². The third-order valence-corrected chi connectivity index (χ3v) is 5.48. The highest BCUT2D eigenvalue weighted by molar-refractivity contribution is 7.89. The van der Waals surface area contributed by atoms with Crippen molar-refractivity contribution in [1.82, 2.24) is 4.72 Å². The van der Waals surface area contributed by atoms with E-state index in [2.05, 4.69) is 11.6 Å². The van der Waals surface area contributed by atoms with Gasteiger partial charge in [0.1, 0.15) is 5.82 Å². The van der Waals surface area contributed by atoms with Gasteiger partial charge in [0.2, 0.25) is 10.0 Å². The van der Waals surface area contributed by atoms with Crippen molar-refractivity contribution in [3.63, 3.8) is 0 Å². The minimum Gasteiger partial charge on any atom is -0.207 e. The summed E-state index contributed by atoms with van der Waals surface area (Å²) in [5, 5.41) is 0. The molecule has 0 saturated carbocycles. The van der Waals surface area contributed by atoms with Crippen molar-refractivity contribution in [3.05, 3.63) is 65.0 Å². The molecule has 0 heterocycles. The molecule has 3 nitrogen and oxygen atoms in total. The second-order valence-electron chi connectivity index (χ2n) is 6.00. The molecule has 2 rings (SSSR count). The molecule has 2 aromatic rings. The summed E-state index contributed by atoms with van der Waals surface area (Å²) in [6, 6.07) is 11.3. The highest BCUT2D eigenvalue weighted by Crippen LogP contribution is 2.15. The Morgan fingerprint density at radius 2 is 1.75 bits per heavy atom. The Labute approximate surface area is 144 Å². The van der Waals surface area contributed by atoms with Gasteiger partial charge in [-0.1, -0.05) is 38.0 Å². The van der Waals surface area contributed by atoms with Crippen LogP contribution in [0.1, 0.15) is 42.9 Å². The number of hydrogen-bond donors (Lipinski definition) is 1. The number of benzene rings is 2. The van der Waals surface area contributed by atoms with Gasteiger partial charge in [-0.3, -0.25) is 0 Å². The van der Waals surface area contributed by atoms with Crippen LogP contribution in [0.4, 0.5) is 4.39 Å². The molecule has 0 aliphatic heterocycles. The van der Waals surface area contributed by atoms with E-state index < -0.39 is 10.0 Å². The van der Waals surface area contributed by atoms with Crippen molar-refractivity contribution in [2.45, 2.75) is 51.0 Å². The molecule has 0 aliphatic rings. The van der Waals surface area contributed by atoms with E-state index in [1.165, 1.54) is 18.6 Å². The van der Waals surface area contributed by atoms with Gasteiger partial charge in [0.05, 0.1) is 4.90 Å². The molecule has 2 aromatic carbocycles. The van der Waals surface area contributed by atoms with Crippen molar-refractivity contribution in [3.8, 4) is 0 Å². The zero-order valence-electron chi connectivity index (χ0n) is 14.2. The van der Waals surface area contributed by atoms with Gasteiger partial charge in [0, 0.05) is 6.54 Å². The molecule has 0 fully saturated rings. The summed E-state index contributed by atoms with van der Waals surface area (Å²) in [6.45, 7) is 4.06. The molecule has 0 amide bonds. The Kier molecular flexibility index (Phi) is 6.52. The van der Waals surface area contributed by atoms with Crippen LogP contribution in [0.15, 0.2) is 47.4 Å². The first kappa shape index (κ1) is 18.6. The molecule has 5 heteroatoms. The summed E-state index contributed by atoms with van der Waals surface area (Å²) in [5.74, 6) is -0.369. The fourth-order valence-electron chi connectivity index (χ4n) is 2.50. The van der Waals surface area contributed by atoms with Crippen molar-refractivity contribution < 1.29 is 12.8 Å². The Balaban J connectivity index is 2.03. The van der Waals surface area contributed by atoms with Gasteiger partial charge < -0.3 is 0 Å². The molecule has 130 valence electrons. The average molecular weight is 349 g/mol. The number of halogens is 1. The molecule has 0 aliphatic carbocycles. The molecule has 0 unspecified atom stereocenters. The highest BCUT2D eigenvalue weighted by atomic mass is 32.2. The number of rotatable bonds is 8. The lowest BCUT2D eigenvalue weighted by Gasteiger charge is -2.10. The summed E-state index contributed by atoms with van der Waals surface area (Å²) >= 11 is 0. The molecule has 0 radical (unpaired) electrons. The number of hydrogen-bond acceptors (Lipinski definition) is 2. The number of unbranched alkanes of at least 4 members (excludes halogenated alkanes) is 2. The first-order valence-electron chi connectivity index (χ1n) is 8.26. The first-order valence-corrected chi connectivity index (χ1v) is 9.74. The fraction of sp³-hybridized carbons (Fsp3) is 0.368. The van der Waals surface area contributed by atoms with Crippen molar-refractivity contribution in [2.75, 3.05) is 0 Å². The zero-order valence-corrected chi connectivity index (χ0v) is 15.0. The summed E-state index contributed by atoms with van der Waals surface area (Å²) in [5.41, 5.74) is 2.63. The van der Waals surface area contributed by atoms with Gasteiger partial charge in [-0.15, -0.1) is 0 Å². The number of nitrogens with one attached hydrogen (secondary N) is 1. The predicted molar refractivity (Wildman–Crippen MR) is 94.8 cm³/mol. The van der Waals surface area contributed by atoms with Crippen LogP contribution in [0, 0.1) is 12.7 Å². The molecular weight excluding hydrogens is 325 g/mol. The van der Waals surface area contributed by atoms with E-state index in [0.717, 1.165) is 30.4 Å². The van der Waals surface area contributed by atoms with Crippen molar-refractivity contribution >= 4 is 10.0 Å². The normalized spacial score (nSPS) is 11.6. The lowest BCUT2D eigenvalue weighted by Crippen LogP contribution is -2.23. The predicted octanol–water partition coefficient (Wildman–Crippen LogP) is 4.35. The maximum Gasteiger partial charge on any atom is 0.240 e. The van der Waals surface area contributed by atoms with Crippen molar-refractivity contribution in [1.29, 1.82) is 0 Å². The largest absolute Gasteiger partial charge is 0.240 e. The van der Waals surface area contributed by atoms with Gasteiger partial charge in [-0.2, -0.15) is 0 Å². The van der Waals surface area contributed by atoms with Crippen LogP contribution in [-0.2, 0) is 23.0 Å².